The predicted octanol–water partition coefficient (Wildman–Crippen LogP) is 5.31. The van der Waals surface area contributed by atoms with Crippen LogP contribution in [0.5, 0.6) is 11.5 Å². The van der Waals surface area contributed by atoms with E-state index >= 15 is 0 Å². The van der Waals surface area contributed by atoms with E-state index in [4.69, 9.17) is 9.15 Å². The van der Waals surface area contributed by atoms with Gasteiger partial charge in [0, 0.05) is 31.1 Å². The van der Waals surface area contributed by atoms with Gasteiger partial charge in [0.1, 0.15) is 5.75 Å². The number of amides is 1. The van der Waals surface area contributed by atoms with Crippen molar-refractivity contribution >= 4 is 5.91 Å². The number of hydrogen-bond acceptors (Lipinski definition) is 5. The standard InChI is InChI=1S/C25H22FN3O3/c26-21-14-18(11-12-22(21)31-20-8-5-13-27-16-20)15-28-24(30)9-4-10-25-29-17-23(32-25)19-6-2-1-3-7-19/h1-3,5-8,11-14,16-17H,4,9-10,15H2,(H,28,30). The largest absolute Gasteiger partial charge is 0.453 e. The van der Waals surface area contributed by atoms with E-state index in [1.807, 2.05) is 30.3 Å². The molecule has 0 aliphatic carbocycles. The SMILES string of the molecule is O=C(CCCc1ncc(-c2ccccc2)o1)NCc1ccc(Oc2cccnc2)c(F)c1. The molecule has 0 radical (unpaired) electrons. The maximum Gasteiger partial charge on any atom is 0.220 e. The van der Waals surface area contributed by atoms with E-state index in [2.05, 4.69) is 15.3 Å². The molecule has 0 aliphatic heterocycles. The van der Waals surface area contributed by atoms with Crippen LogP contribution in [0.15, 0.2) is 83.7 Å². The van der Waals surface area contributed by atoms with E-state index in [0.717, 1.165) is 5.56 Å². The lowest BCUT2D eigenvalue weighted by molar-refractivity contribution is -0.121. The van der Waals surface area contributed by atoms with Crippen LogP contribution < -0.4 is 10.1 Å². The Labute approximate surface area is 185 Å². The summed E-state index contributed by atoms with van der Waals surface area (Å²) in [5, 5.41) is 2.81. The molecule has 0 unspecified atom stereocenters. The average Bonchev–Trinajstić information content (AvgIpc) is 3.30. The van der Waals surface area contributed by atoms with Crippen molar-refractivity contribution in [2.45, 2.75) is 25.8 Å². The van der Waals surface area contributed by atoms with Crippen molar-refractivity contribution in [3.05, 3.63) is 96.5 Å². The van der Waals surface area contributed by atoms with Crippen LogP contribution in [0.25, 0.3) is 11.3 Å². The molecular formula is C25H22FN3O3. The van der Waals surface area contributed by atoms with Gasteiger partial charge in [-0.2, -0.15) is 0 Å². The minimum absolute atomic E-state index is 0.105. The normalized spacial score (nSPS) is 10.7. The molecule has 4 aromatic rings. The molecule has 32 heavy (non-hydrogen) atoms. The van der Waals surface area contributed by atoms with Gasteiger partial charge >= 0.3 is 0 Å². The summed E-state index contributed by atoms with van der Waals surface area (Å²) in [7, 11) is 0. The first-order chi connectivity index (χ1) is 15.7. The first-order valence-corrected chi connectivity index (χ1v) is 10.3. The lowest BCUT2D eigenvalue weighted by atomic mass is 10.2. The van der Waals surface area contributed by atoms with E-state index in [0.29, 0.717) is 42.2 Å². The lowest BCUT2D eigenvalue weighted by Crippen LogP contribution is -2.22. The quantitative estimate of drug-likeness (QED) is 0.389. The van der Waals surface area contributed by atoms with Crippen LogP contribution in [-0.4, -0.2) is 15.9 Å². The highest BCUT2D eigenvalue weighted by Gasteiger charge is 2.09. The van der Waals surface area contributed by atoms with E-state index in [-0.39, 0.29) is 18.2 Å². The van der Waals surface area contributed by atoms with Crippen molar-refractivity contribution in [3.8, 4) is 22.8 Å². The topological polar surface area (TPSA) is 77.2 Å². The molecule has 2 aromatic heterocycles. The molecule has 0 saturated heterocycles. The fourth-order valence-corrected chi connectivity index (χ4v) is 3.12. The van der Waals surface area contributed by atoms with Gasteiger partial charge < -0.3 is 14.5 Å². The highest BCUT2D eigenvalue weighted by molar-refractivity contribution is 5.75. The minimum atomic E-state index is -0.501. The maximum atomic E-state index is 14.3. The molecule has 0 atom stereocenters. The van der Waals surface area contributed by atoms with Crippen molar-refractivity contribution < 1.29 is 18.3 Å². The Balaban J connectivity index is 1.21. The number of pyridine rings is 1. The summed E-state index contributed by atoms with van der Waals surface area (Å²) in [6, 6.07) is 17.7. The van der Waals surface area contributed by atoms with Gasteiger partial charge in [0.25, 0.3) is 0 Å². The Kier molecular flexibility index (Phi) is 6.87. The zero-order valence-corrected chi connectivity index (χ0v) is 17.3. The zero-order chi connectivity index (χ0) is 22.2. The van der Waals surface area contributed by atoms with Gasteiger partial charge in [0.15, 0.2) is 23.2 Å². The molecule has 0 fully saturated rings. The van der Waals surface area contributed by atoms with Crippen LogP contribution in [0.3, 0.4) is 0 Å². The Morgan fingerprint density at radius 1 is 1.06 bits per heavy atom. The zero-order valence-electron chi connectivity index (χ0n) is 17.3. The number of nitrogens with zero attached hydrogens (tertiary/aromatic N) is 2. The number of benzene rings is 2. The fraction of sp³-hybridized carbons (Fsp3) is 0.160. The van der Waals surface area contributed by atoms with Gasteiger partial charge in [-0.05, 0) is 36.2 Å². The number of ether oxygens (including phenoxy) is 1. The summed E-state index contributed by atoms with van der Waals surface area (Å²) in [5.41, 5.74) is 1.61. The third-order valence-electron chi connectivity index (χ3n) is 4.75. The van der Waals surface area contributed by atoms with E-state index in [1.54, 1.807) is 30.6 Å². The molecule has 0 bridgehead atoms. The number of halogens is 1. The molecule has 7 heteroatoms. The van der Waals surface area contributed by atoms with Crippen LogP contribution in [0, 0.1) is 5.82 Å². The number of rotatable bonds is 9. The molecular weight excluding hydrogens is 409 g/mol. The van der Waals surface area contributed by atoms with Gasteiger partial charge in [0.2, 0.25) is 5.91 Å². The monoisotopic (exact) mass is 431 g/mol. The number of hydrogen-bond donors (Lipinski definition) is 1. The molecule has 2 heterocycles. The van der Waals surface area contributed by atoms with Crippen LogP contribution in [-0.2, 0) is 17.8 Å². The van der Waals surface area contributed by atoms with Crippen molar-refractivity contribution in [3.63, 3.8) is 0 Å². The first kappa shape index (κ1) is 21.2. The summed E-state index contributed by atoms with van der Waals surface area (Å²) in [6.07, 6.45) is 6.31. The van der Waals surface area contributed by atoms with Crippen LogP contribution in [0.4, 0.5) is 4.39 Å². The van der Waals surface area contributed by atoms with Crippen molar-refractivity contribution in [1.29, 1.82) is 0 Å². The third-order valence-corrected chi connectivity index (χ3v) is 4.75. The van der Waals surface area contributed by atoms with Crippen LogP contribution in [0.1, 0.15) is 24.3 Å². The molecule has 0 spiro atoms. The Morgan fingerprint density at radius 2 is 1.94 bits per heavy atom. The second kappa shape index (κ2) is 10.3. The Morgan fingerprint density at radius 3 is 2.72 bits per heavy atom. The second-order valence-electron chi connectivity index (χ2n) is 7.17. The number of aromatic nitrogens is 2. The summed E-state index contributed by atoms with van der Waals surface area (Å²) in [4.78, 5) is 20.3. The Bertz CT molecular complexity index is 1160. The summed E-state index contributed by atoms with van der Waals surface area (Å²) < 4.78 is 25.5. The van der Waals surface area contributed by atoms with Crippen molar-refractivity contribution in [2.24, 2.45) is 0 Å². The van der Waals surface area contributed by atoms with E-state index in [1.165, 1.54) is 18.3 Å². The van der Waals surface area contributed by atoms with Gasteiger partial charge in [-0.1, -0.05) is 36.4 Å². The maximum absolute atomic E-state index is 14.3. The smallest absolute Gasteiger partial charge is 0.220 e. The molecule has 4 rings (SSSR count). The highest BCUT2D eigenvalue weighted by Crippen LogP contribution is 2.24. The number of carbonyl (C=O) groups excluding carboxylic acids is 1. The number of carbonyl (C=O) groups is 1. The molecule has 0 aliphatic rings. The van der Waals surface area contributed by atoms with Crippen LogP contribution >= 0.6 is 0 Å². The summed E-state index contributed by atoms with van der Waals surface area (Å²) in [5.74, 6) is 1.25. The number of oxazole rings is 1. The average molecular weight is 431 g/mol. The lowest BCUT2D eigenvalue weighted by Gasteiger charge is -2.09. The predicted molar refractivity (Wildman–Crippen MR) is 117 cm³/mol. The molecule has 1 amide bonds. The molecule has 6 nitrogen and oxygen atoms in total. The van der Waals surface area contributed by atoms with E-state index in [9.17, 15) is 9.18 Å². The Hall–Kier alpha value is -4.00. The summed E-state index contributed by atoms with van der Waals surface area (Å²) in [6.45, 7) is 0.236. The van der Waals surface area contributed by atoms with E-state index < -0.39 is 5.82 Å². The molecule has 162 valence electrons. The highest BCUT2D eigenvalue weighted by atomic mass is 19.1. The summed E-state index contributed by atoms with van der Waals surface area (Å²) >= 11 is 0. The minimum Gasteiger partial charge on any atom is -0.453 e. The molecule has 1 N–H and O–H groups in total. The van der Waals surface area contributed by atoms with Crippen LogP contribution in [0.2, 0.25) is 0 Å². The van der Waals surface area contributed by atoms with Gasteiger partial charge in [-0.15, -0.1) is 0 Å². The molecule has 2 aromatic carbocycles. The molecule has 0 saturated carbocycles. The third kappa shape index (κ3) is 5.78. The first-order valence-electron chi connectivity index (χ1n) is 10.3. The number of aryl methyl sites for hydroxylation is 1. The van der Waals surface area contributed by atoms with Crippen molar-refractivity contribution in [2.75, 3.05) is 0 Å². The number of nitrogens with one attached hydrogen (secondary N) is 1. The fourth-order valence-electron chi connectivity index (χ4n) is 3.12. The second-order valence-corrected chi connectivity index (χ2v) is 7.17. The van der Waals surface area contributed by atoms with Gasteiger partial charge in [-0.3, -0.25) is 9.78 Å². The van der Waals surface area contributed by atoms with Gasteiger partial charge in [-0.25, -0.2) is 9.37 Å². The van der Waals surface area contributed by atoms with Gasteiger partial charge in [0.05, 0.1) is 12.4 Å². The van der Waals surface area contributed by atoms with Crippen molar-refractivity contribution in [1.82, 2.24) is 15.3 Å².